The van der Waals surface area contributed by atoms with Gasteiger partial charge in [0.25, 0.3) is 5.91 Å². The van der Waals surface area contributed by atoms with Crippen molar-refractivity contribution in [2.24, 2.45) is 5.92 Å². The van der Waals surface area contributed by atoms with E-state index in [-0.39, 0.29) is 18.1 Å². The second kappa shape index (κ2) is 7.24. The second-order valence-corrected chi connectivity index (χ2v) is 5.85. The van der Waals surface area contributed by atoms with Crippen LogP contribution in [0, 0.1) is 11.7 Å². The third-order valence-corrected chi connectivity index (χ3v) is 3.68. The third-order valence-electron chi connectivity index (χ3n) is 3.68. The van der Waals surface area contributed by atoms with Crippen molar-refractivity contribution in [2.75, 3.05) is 0 Å². The van der Waals surface area contributed by atoms with Crippen molar-refractivity contribution in [3.05, 3.63) is 30.1 Å². The van der Waals surface area contributed by atoms with Crippen LogP contribution in [-0.4, -0.2) is 28.6 Å². The lowest BCUT2D eigenvalue weighted by Crippen LogP contribution is -2.54. The zero-order valence-corrected chi connectivity index (χ0v) is 13.2. The summed E-state index contributed by atoms with van der Waals surface area (Å²) in [6, 6.07) is 5.49. The minimum absolute atomic E-state index is 0.0751. The lowest BCUT2D eigenvalue weighted by atomic mass is 9.85. The van der Waals surface area contributed by atoms with Crippen LogP contribution in [-0.2, 0) is 9.59 Å². The summed E-state index contributed by atoms with van der Waals surface area (Å²) in [7, 11) is 0. The lowest BCUT2D eigenvalue weighted by molar-refractivity contribution is -0.140. The summed E-state index contributed by atoms with van der Waals surface area (Å²) in [4.78, 5) is 23.2. The molecule has 0 saturated heterocycles. The predicted octanol–water partition coefficient (Wildman–Crippen LogP) is 2.60. The average Bonchev–Trinajstić information content (AvgIpc) is 2.37. The SMILES string of the molecule is CC(Oc1cccc(F)c1)C(=O)NC(C)(CC(=O)O)C(C)C. The van der Waals surface area contributed by atoms with Crippen molar-refractivity contribution < 1.29 is 23.8 Å². The van der Waals surface area contributed by atoms with Crippen molar-refractivity contribution in [3.8, 4) is 5.75 Å². The van der Waals surface area contributed by atoms with E-state index in [1.54, 1.807) is 13.0 Å². The number of hydrogen-bond acceptors (Lipinski definition) is 3. The van der Waals surface area contributed by atoms with Crippen LogP contribution in [0.5, 0.6) is 5.75 Å². The number of ether oxygens (including phenoxy) is 1. The number of halogens is 1. The molecule has 0 bridgehead atoms. The van der Waals surface area contributed by atoms with E-state index in [1.165, 1.54) is 25.1 Å². The van der Waals surface area contributed by atoms with Crippen LogP contribution in [0.2, 0.25) is 0 Å². The molecule has 0 heterocycles. The molecule has 0 aliphatic rings. The van der Waals surface area contributed by atoms with E-state index in [9.17, 15) is 14.0 Å². The smallest absolute Gasteiger partial charge is 0.305 e. The van der Waals surface area contributed by atoms with Gasteiger partial charge in [-0.3, -0.25) is 9.59 Å². The van der Waals surface area contributed by atoms with Crippen LogP contribution < -0.4 is 10.1 Å². The highest BCUT2D eigenvalue weighted by Crippen LogP contribution is 2.21. The van der Waals surface area contributed by atoms with Crippen LogP contribution in [0.1, 0.15) is 34.1 Å². The summed E-state index contributed by atoms with van der Waals surface area (Å²) in [5, 5.41) is 11.7. The number of carbonyl (C=O) groups excluding carboxylic acids is 1. The topological polar surface area (TPSA) is 75.6 Å². The maximum Gasteiger partial charge on any atom is 0.305 e. The van der Waals surface area contributed by atoms with Gasteiger partial charge in [0.05, 0.1) is 12.0 Å². The van der Waals surface area contributed by atoms with Crippen LogP contribution in [0.4, 0.5) is 4.39 Å². The van der Waals surface area contributed by atoms with Gasteiger partial charge in [0.15, 0.2) is 6.10 Å². The molecule has 0 saturated carbocycles. The number of benzene rings is 1. The minimum atomic E-state index is -0.991. The van der Waals surface area contributed by atoms with Crippen molar-refractivity contribution in [1.29, 1.82) is 0 Å². The highest BCUT2D eigenvalue weighted by Gasteiger charge is 2.34. The van der Waals surface area contributed by atoms with E-state index in [0.29, 0.717) is 0 Å². The summed E-state index contributed by atoms with van der Waals surface area (Å²) in [5.41, 5.74) is -0.886. The third kappa shape index (κ3) is 5.02. The Balaban J connectivity index is 2.75. The molecule has 0 radical (unpaired) electrons. The van der Waals surface area contributed by atoms with Gasteiger partial charge in [0, 0.05) is 6.07 Å². The molecule has 1 rings (SSSR count). The highest BCUT2D eigenvalue weighted by molar-refractivity contribution is 5.82. The van der Waals surface area contributed by atoms with Gasteiger partial charge in [-0.2, -0.15) is 0 Å². The molecule has 2 N–H and O–H groups in total. The zero-order chi connectivity index (χ0) is 16.9. The van der Waals surface area contributed by atoms with E-state index < -0.39 is 29.3 Å². The van der Waals surface area contributed by atoms with Gasteiger partial charge >= 0.3 is 5.97 Å². The van der Waals surface area contributed by atoms with Crippen LogP contribution in [0.3, 0.4) is 0 Å². The molecule has 1 aromatic carbocycles. The number of nitrogens with one attached hydrogen (secondary N) is 1. The fourth-order valence-corrected chi connectivity index (χ4v) is 1.89. The zero-order valence-electron chi connectivity index (χ0n) is 13.2. The Morgan fingerprint density at radius 3 is 2.50 bits per heavy atom. The van der Waals surface area contributed by atoms with E-state index >= 15 is 0 Å². The molecular formula is C16H22FNO4. The first-order valence-corrected chi connectivity index (χ1v) is 7.10. The minimum Gasteiger partial charge on any atom is -0.481 e. The number of carboxylic acid groups (broad SMARTS) is 1. The molecule has 122 valence electrons. The van der Waals surface area contributed by atoms with Crippen molar-refractivity contribution in [1.82, 2.24) is 5.32 Å². The summed E-state index contributed by atoms with van der Waals surface area (Å²) < 4.78 is 18.5. The molecule has 0 aliphatic heterocycles. The molecule has 0 spiro atoms. The summed E-state index contributed by atoms with van der Waals surface area (Å²) in [5.74, 6) is -1.72. The molecule has 2 unspecified atom stereocenters. The Hall–Kier alpha value is -2.11. The van der Waals surface area contributed by atoms with Gasteiger partial charge in [0.2, 0.25) is 0 Å². The Bertz CT molecular complexity index is 547. The fourth-order valence-electron chi connectivity index (χ4n) is 1.89. The Morgan fingerprint density at radius 1 is 1.36 bits per heavy atom. The van der Waals surface area contributed by atoms with Crippen molar-refractivity contribution >= 4 is 11.9 Å². The number of rotatable bonds is 7. The van der Waals surface area contributed by atoms with Gasteiger partial charge in [-0.25, -0.2) is 4.39 Å². The number of hydrogen-bond donors (Lipinski definition) is 2. The predicted molar refractivity (Wildman–Crippen MR) is 80.1 cm³/mol. The Labute approximate surface area is 129 Å². The number of carbonyl (C=O) groups is 2. The fraction of sp³-hybridized carbons (Fsp3) is 0.500. The van der Waals surface area contributed by atoms with Crippen LogP contribution >= 0.6 is 0 Å². The number of carboxylic acids is 1. The molecule has 2 atom stereocenters. The van der Waals surface area contributed by atoms with Gasteiger partial charge in [-0.15, -0.1) is 0 Å². The molecule has 1 amide bonds. The first kappa shape index (κ1) is 17.9. The van der Waals surface area contributed by atoms with Gasteiger partial charge in [-0.05, 0) is 31.9 Å². The standard InChI is InChI=1S/C16H22FNO4/c1-10(2)16(4,9-14(19)20)18-15(21)11(3)22-13-7-5-6-12(17)8-13/h5-8,10-11H,9H2,1-4H3,(H,18,21)(H,19,20). The van der Waals surface area contributed by atoms with E-state index in [0.717, 1.165) is 0 Å². The molecule has 5 nitrogen and oxygen atoms in total. The Kier molecular flexibility index (Phi) is 5.91. The van der Waals surface area contributed by atoms with Crippen LogP contribution in [0.15, 0.2) is 24.3 Å². The maximum atomic E-state index is 13.1. The molecule has 0 aromatic heterocycles. The van der Waals surface area contributed by atoms with Crippen LogP contribution in [0.25, 0.3) is 0 Å². The molecular weight excluding hydrogens is 289 g/mol. The number of aliphatic carboxylic acids is 1. The van der Waals surface area contributed by atoms with Crippen molar-refractivity contribution in [2.45, 2.75) is 45.8 Å². The van der Waals surface area contributed by atoms with Gasteiger partial charge in [-0.1, -0.05) is 19.9 Å². The maximum absolute atomic E-state index is 13.1. The first-order chi connectivity index (χ1) is 10.1. The summed E-state index contributed by atoms with van der Waals surface area (Å²) >= 11 is 0. The second-order valence-electron chi connectivity index (χ2n) is 5.85. The number of amides is 1. The molecule has 0 fully saturated rings. The van der Waals surface area contributed by atoms with E-state index in [2.05, 4.69) is 5.32 Å². The molecule has 22 heavy (non-hydrogen) atoms. The average molecular weight is 311 g/mol. The molecule has 6 heteroatoms. The summed E-state index contributed by atoms with van der Waals surface area (Å²) in [6.07, 6.45) is -1.06. The van der Waals surface area contributed by atoms with Gasteiger partial charge in [0.1, 0.15) is 11.6 Å². The molecule has 0 aliphatic carbocycles. The van der Waals surface area contributed by atoms with Gasteiger partial charge < -0.3 is 15.2 Å². The molecule has 1 aromatic rings. The summed E-state index contributed by atoms with van der Waals surface area (Å²) in [6.45, 7) is 6.88. The Morgan fingerprint density at radius 2 is 2.00 bits per heavy atom. The highest BCUT2D eigenvalue weighted by atomic mass is 19.1. The monoisotopic (exact) mass is 311 g/mol. The largest absolute Gasteiger partial charge is 0.481 e. The van der Waals surface area contributed by atoms with E-state index in [4.69, 9.17) is 9.84 Å². The normalized spacial score (nSPS) is 15.0. The van der Waals surface area contributed by atoms with E-state index in [1.807, 2.05) is 13.8 Å². The lowest BCUT2D eigenvalue weighted by Gasteiger charge is -2.34. The quantitative estimate of drug-likeness (QED) is 0.811. The van der Waals surface area contributed by atoms with Crippen molar-refractivity contribution in [3.63, 3.8) is 0 Å². The first-order valence-electron chi connectivity index (χ1n) is 7.10.